The SMILES string of the molecule is CCCCCC(C)n1nnnc1-c1cc(N)cc(Br)c1. The van der Waals surface area contributed by atoms with Crippen molar-refractivity contribution in [3.8, 4) is 11.4 Å². The van der Waals surface area contributed by atoms with Gasteiger partial charge in [-0.1, -0.05) is 42.1 Å². The van der Waals surface area contributed by atoms with Gasteiger partial charge in [0, 0.05) is 15.7 Å². The highest BCUT2D eigenvalue weighted by molar-refractivity contribution is 9.10. The van der Waals surface area contributed by atoms with E-state index in [1.54, 1.807) is 0 Å². The number of hydrogen-bond donors (Lipinski definition) is 1. The van der Waals surface area contributed by atoms with Crippen LogP contribution in [-0.2, 0) is 0 Å². The zero-order chi connectivity index (χ0) is 14.5. The highest BCUT2D eigenvalue weighted by Crippen LogP contribution is 2.27. The zero-order valence-electron chi connectivity index (χ0n) is 11.9. The summed E-state index contributed by atoms with van der Waals surface area (Å²) in [5, 5.41) is 12.1. The number of nitrogens with zero attached hydrogens (tertiary/aromatic N) is 4. The van der Waals surface area contributed by atoms with Gasteiger partial charge in [0.25, 0.3) is 0 Å². The van der Waals surface area contributed by atoms with Gasteiger partial charge < -0.3 is 5.73 Å². The lowest BCUT2D eigenvalue weighted by molar-refractivity contribution is 0.432. The quantitative estimate of drug-likeness (QED) is 0.642. The topological polar surface area (TPSA) is 69.6 Å². The molecule has 1 heterocycles. The van der Waals surface area contributed by atoms with Gasteiger partial charge in [-0.2, -0.15) is 0 Å². The van der Waals surface area contributed by atoms with E-state index in [4.69, 9.17) is 5.73 Å². The lowest BCUT2D eigenvalue weighted by atomic mass is 10.1. The predicted octanol–water partition coefficient (Wildman–Crippen LogP) is 3.83. The van der Waals surface area contributed by atoms with Gasteiger partial charge in [-0.05, 0) is 42.0 Å². The molecule has 0 bridgehead atoms. The van der Waals surface area contributed by atoms with Crippen LogP contribution in [0.15, 0.2) is 22.7 Å². The monoisotopic (exact) mass is 337 g/mol. The Morgan fingerprint density at radius 3 is 2.80 bits per heavy atom. The van der Waals surface area contributed by atoms with Crippen LogP contribution < -0.4 is 5.73 Å². The second-order valence-corrected chi connectivity index (χ2v) is 5.98. The van der Waals surface area contributed by atoms with E-state index in [0.29, 0.717) is 5.69 Å². The van der Waals surface area contributed by atoms with Crippen molar-refractivity contribution < 1.29 is 0 Å². The van der Waals surface area contributed by atoms with E-state index in [1.807, 2.05) is 22.9 Å². The van der Waals surface area contributed by atoms with Crippen LogP contribution in [0.25, 0.3) is 11.4 Å². The van der Waals surface area contributed by atoms with Crippen LogP contribution in [0.4, 0.5) is 5.69 Å². The second kappa shape index (κ2) is 6.83. The summed E-state index contributed by atoms with van der Waals surface area (Å²) in [6.07, 6.45) is 4.73. The van der Waals surface area contributed by atoms with Crippen LogP contribution in [0.5, 0.6) is 0 Å². The third-order valence-electron chi connectivity index (χ3n) is 3.31. The van der Waals surface area contributed by atoms with Crippen molar-refractivity contribution in [1.29, 1.82) is 0 Å². The molecule has 1 aromatic carbocycles. The molecule has 20 heavy (non-hydrogen) atoms. The molecule has 0 saturated heterocycles. The van der Waals surface area contributed by atoms with Crippen molar-refractivity contribution >= 4 is 21.6 Å². The molecular weight excluding hydrogens is 318 g/mol. The maximum Gasteiger partial charge on any atom is 0.182 e. The van der Waals surface area contributed by atoms with Gasteiger partial charge in [-0.15, -0.1) is 5.10 Å². The summed E-state index contributed by atoms with van der Waals surface area (Å²) in [4.78, 5) is 0. The fourth-order valence-electron chi connectivity index (χ4n) is 2.23. The molecular formula is C14H20BrN5. The van der Waals surface area contributed by atoms with Crippen molar-refractivity contribution in [2.75, 3.05) is 5.73 Å². The van der Waals surface area contributed by atoms with Crippen LogP contribution in [0.3, 0.4) is 0 Å². The van der Waals surface area contributed by atoms with Crippen LogP contribution >= 0.6 is 15.9 Å². The maximum absolute atomic E-state index is 5.88. The normalized spacial score (nSPS) is 12.6. The van der Waals surface area contributed by atoms with E-state index in [1.165, 1.54) is 19.3 Å². The maximum atomic E-state index is 5.88. The van der Waals surface area contributed by atoms with Crippen LogP contribution in [0, 0.1) is 0 Å². The molecule has 0 aliphatic heterocycles. The number of nitrogens with two attached hydrogens (primary N) is 1. The fraction of sp³-hybridized carbons (Fsp3) is 0.500. The molecule has 0 aliphatic rings. The molecule has 5 nitrogen and oxygen atoms in total. The van der Waals surface area contributed by atoms with Gasteiger partial charge in [0.05, 0.1) is 6.04 Å². The van der Waals surface area contributed by atoms with E-state index in [2.05, 4.69) is 45.3 Å². The highest BCUT2D eigenvalue weighted by atomic mass is 79.9. The van der Waals surface area contributed by atoms with E-state index in [-0.39, 0.29) is 6.04 Å². The predicted molar refractivity (Wildman–Crippen MR) is 84.2 cm³/mol. The van der Waals surface area contributed by atoms with Gasteiger partial charge >= 0.3 is 0 Å². The number of halogens is 1. The van der Waals surface area contributed by atoms with E-state index >= 15 is 0 Å². The molecule has 1 atom stereocenters. The average Bonchev–Trinajstić information content (AvgIpc) is 2.87. The first-order valence-electron chi connectivity index (χ1n) is 6.96. The minimum Gasteiger partial charge on any atom is -0.399 e. The number of anilines is 1. The number of unbranched alkanes of at least 4 members (excludes halogenated alkanes) is 2. The van der Waals surface area contributed by atoms with Crippen LogP contribution in [-0.4, -0.2) is 20.2 Å². The molecule has 0 radical (unpaired) electrons. The fourth-order valence-corrected chi connectivity index (χ4v) is 2.74. The summed E-state index contributed by atoms with van der Waals surface area (Å²) in [5.74, 6) is 0.766. The first-order chi connectivity index (χ1) is 9.61. The number of tetrazole rings is 1. The van der Waals surface area contributed by atoms with Crippen molar-refractivity contribution in [2.24, 2.45) is 0 Å². The summed E-state index contributed by atoms with van der Waals surface area (Å²) >= 11 is 3.45. The Morgan fingerprint density at radius 2 is 2.10 bits per heavy atom. The Hall–Kier alpha value is -1.43. The Labute approximate surface area is 127 Å². The Kier molecular flexibility index (Phi) is 5.11. The lowest BCUT2D eigenvalue weighted by Crippen LogP contribution is -2.09. The summed E-state index contributed by atoms with van der Waals surface area (Å²) in [5.41, 5.74) is 7.51. The Balaban J connectivity index is 2.23. The van der Waals surface area contributed by atoms with Crippen molar-refractivity contribution in [1.82, 2.24) is 20.2 Å². The molecule has 6 heteroatoms. The summed E-state index contributed by atoms with van der Waals surface area (Å²) in [6.45, 7) is 4.36. The van der Waals surface area contributed by atoms with E-state index < -0.39 is 0 Å². The largest absolute Gasteiger partial charge is 0.399 e. The minimum absolute atomic E-state index is 0.284. The third kappa shape index (κ3) is 3.56. The lowest BCUT2D eigenvalue weighted by Gasteiger charge is -2.13. The first kappa shape index (κ1) is 15.0. The smallest absolute Gasteiger partial charge is 0.182 e. The standard InChI is InChI=1S/C14H20BrN5/c1-3-4-5-6-10(2)20-14(17-18-19-20)11-7-12(15)9-13(16)8-11/h7-10H,3-6,16H2,1-2H3. The molecule has 1 aromatic heterocycles. The van der Waals surface area contributed by atoms with Crippen molar-refractivity contribution in [2.45, 2.75) is 45.6 Å². The van der Waals surface area contributed by atoms with E-state index in [9.17, 15) is 0 Å². The molecule has 0 aliphatic carbocycles. The number of aromatic nitrogens is 4. The Morgan fingerprint density at radius 1 is 1.30 bits per heavy atom. The van der Waals surface area contributed by atoms with Gasteiger partial charge in [0.1, 0.15) is 0 Å². The molecule has 2 aromatic rings. The summed E-state index contributed by atoms with van der Waals surface area (Å²) < 4.78 is 2.82. The van der Waals surface area contributed by atoms with Crippen LogP contribution in [0.2, 0.25) is 0 Å². The van der Waals surface area contributed by atoms with Gasteiger partial charge in [-0.25, -0.2) is 4.68 Å². The molecule has 2 rings (SSSR count). The number of benzene rings is 1. The third-order valence-corrected chi connectivity index (χ3v) is 3.77. The zero-order valence-corrected chi connectivity index (χ0v) is 13.5. The van der Waals surface area contributed by atoms with Gasteiger partial charge in [0.2, 0.25) is 0 Å². The number of rotatable bonds is 6. The average molecular weight is 338 g/mol. The van der Waals surface area contributed by atoms with Crippen molar-refractivity contribution in [3.63, 3.8) is 0 Å². The molecule has 0 fully saturated rings. The molecule has 0 spiro atoms. The highest BCUT2D eigenvalue weighted by Gasteiger charge is 2.15. The summed E-state index contributed by atoms with van der Waals surface area (Å²) in [7, 11) is 0. The van der Waals surface area contributed by atoms with E-state index in [0.717, 1.165) is 22.3 Å². The van der Waals surface area contributed by atoms with Crippen LogP contribution in [0.1, 0.15) is 45.6 Å². The van der Waals surface area contributed by atoms with Crippen molar-refractivity contribution in [3.05, 3.63) is 22.7 Å². The van der Waals surface area contributed by atoms with Gasteiger partial charge in [0.15, 0.2) is 5.82 Å². The summed E-state index contributed by atoms with van der Waals surface area (Å²) in [6, 6.07) is 6.03. The molecule has 1 unspecified atom stereocenters. The molecule has 108 valence electrons. The first-order valence-corrected chi connectivity index (χ1v) is 7.75. The Bertz CT molecular complexity index is 546. The molecule has 2 N–H and O–H groups in total. The van der Waals surface area contributed by atoms with Gasteiger partial charge in [-0.3, -0.25) is 0 Å². The molecule has 0 amide bonds. The minimum atomic E-state index is 0.284. The molecule has 0 saturated carbocycles. The second-order valence-electron chi connectivity index (χ2n) is 5.07. The number of nitrogen functional groups attached to an aromatic ring is 1. The number of hydrogen-bond acceptors (Lipinski definition) is 4.